The molecule has 7 heteroatoms. The number of rotatable bonds is 7. The largest absolute Gasteiger partial charge is 0.348 e. The van der Waals surface area contributed by atoms with Crippen molar-refractivity contribution in [3.8, 4) is 0 Å². The summed E-state index contributed by atoms with van der Waals surface area (Å²) < 4.78 is 16.1. The Morgan fingerprint density at radius 2 is 1.88 bits per heavy atom. The number of urea groups is 1. The summed E-state index contributed by atoms with van der Waals surface area (Å²) in [6.07, 6.45) is 2.71. The maximum atomic E-state index is 14.0. The molecule has 0 aliphatic carbocycles. The van der Waals surface area contributed by atoms with E-state index in [4.69, 9.17) is 0 Å². The summed E-state index contributed by atoms with van der Waals surface area (Å²) in [5, 5.41) is 2.92. The molecule has 1 aliphatic rings. The summed E-state index contributed by atoms with van der Waals surface area (Å²) in [5.74, 6) is -0.489. The van der Waals surface area contributed by atoms with Gasteiger partial charge in [-0.3, -0.25) is 4.79 Å². The Morgan fingerprint density at radius 1 is 1.06 bits per heavy atom. The molecule has 1 unspecified atom stereocenters. The highest BCUT2D eigenvalue weighted by molar-refractivity contribution is 5.84. The molecule has 1 N–H and O–H groups in total. The monoisotopic (exact) mass is 448 g/mol. The fourth-order valence-electron chi connectivity index (χ4n) is 4.34. The Hall–Kier alpha value is -3.61. The molecule has 0 bridgehead atoms. The predicted molar refractivity (Wildman–Crippen MR) is 125 cm³/mol. The molecule has 4 rings (SSSR count). The lowest BCUT2D eigenvalue weighted by Gasteiger charge is -2.38. The van der Waals surface area contributed by atoms with Crippen LogP contribution >= 0.6 is 0 Å². The molecule has 33 heavy (non-hydrogen) atoms. The lowest BCUT2D eigenvalue weighted by Crippen LogP contribution is -2.50. The summed E-state index contributed by atoms with van der Waals surface area (Å²) in [7, 11) is 0. The van der Waals surface area contributed by atoms with E-state index in [9.17, 15) is 14.0 Å². The van der Waals surface area contributed by atoms with E-state index in [1.807, 2.05) is 61.7 Å². The van der Waals surface area contributed by atoms with Gasteiger partial charge in [0, 0.05) is 38.1 Å². The van der Waals surface area contributed by atoms with E-state index in [0.717, 1.165) is 23.2 Å². The predicted octanol–water partition coefficient (Wildman–Crippen LogP) is 4.18. The van der Waals surface area contributed by atoms with E-state index in [1.165, 1.54) is 12.1 Å². The summed E-state index contributed by atoms with van der Waals surface area (Å²) in [6, 6.07) is 19.3. The van der Waals surface area contributed by atoms with E-state index in [2.05, 4.69) is 9.88 Å². The fourth-order valence-corrected chi connectivity index (χ4v) is 4.34. The SMILES string of the molecule is CCCN(CC(=O)N1CCn2cccc2C1c1cccc(F)c1)C(=O)NCc1ccccc1. The van der Waals surface area contributed by atoms with Crippen LogP contribution in [0.25, 0.3) is 0 Å². The molecule has 0 saturated heterocycles. The molecule has 2 heterocycles. The van der Waals surface area contributed by atoms with E-state index in [1.54, 1.807) is 15.9 Å². The summed E-state index contributed by atoms with van der Waals surface area (Å²) >= 11 is 0. The van der Waals surface area contributed by atoms with Gasteiger partial charge in [-0.25, -0.2) is 9.18 Å². The molecule has 0 saturated carbocycles. The second kappa shape index (κ2) is 10.3. The Bertz CT molecular complexity index is 1100. The first-order chi connectivity index (χ1) is 16.1. The molecule has 172 valence electrons. The van der Waals surface area contributed by atoms with Crippen LogP contribution in [0.3, 0.4) is 0 Å². The topological polar surface area (TPSA) is 57.6 Å². The smallest absolute Gasteiger partial charge is 0.318 e. The van der Waals surface area contributed by atoms with Crippen molar-refractivity contribution in [1.82, 2.24) is 19.7 Å². The van der Waals surface area contributed by atoms with Crippen LogP contribution in [0.5, 0.6) is 0 Å². The van der Waals surface area contributed by atoms with Crippen molar-refractivity contribution in [2.75, 3.05) is 19.6 Å². The molecule has 6 nitrogen and oxygen atoms in total. The Morgan fingerprint density at radius 3 is 2.64 bits per heavy atom. The molecule has 1 aromatic heterocycles. The number of benzene rings is 2. The highest BCUT2D eigenvalue weighted by Gasteiger charge is 2.33. The fraction of sp³-hybridized carbons (Fsp3) is 0.308. The van der Waals surface area contributed by atoms with Crippen LogP contribution < -0.4 is 5.32 Å². The van der Waals surface area contributed by atoms with Crippen LogP contribution in [-0.2, 0) is 17.9 Å². The Kier molecular flexibility index (Phi) is 7.07. The van der Waals surface area contributed by atoms with Crippen LogP contribution in [0.15, 0.2) is 72.9 Å². The molecule has 3 amide bonds. The molecule has 1 aliphatic heterocycles. The first kappa shape index (κ1) is 22.6. The first-order valence-electron chi connectivity index (χ1n) is 11.3. The number of carbonyl (C=O) groups is 2. The van der Waals surface area contributed by atoms with Gasteiger partial charge in [0.05, 0.1) is 6.04 Å². The second-order valence-corrected chi connectivity index (χ2v) is 8.24. The third-order valence-electron chi connectivity index (χ3n) is 5.92. The maximum Gasteiger partial charge on any atom is 0.318 e. The number of aromatic nitrogens is 1. The van der Waals surface area contributed by atoms with Crippen LogP contribution in [0, 0.1) is 5.82 Å². The van der Waals surface area contributed by atoms with E-state index < -0.39 is 6.04 Å². The molecular weight excluding hydrogens is 419 g/mol. The number of hydrogen-bond donors (Lipinski definition) is 1. The third-order valence-corrected chi connectivity index (χ3v) is 5.92. The van der Waals surface area contributed by atoms with Gasteiger partial charge in [-0.2, -0.15) is 0 Å². The van der Waals surface area contributed by atoms with Gasteiger partial charge in [0.2, 0.25) is 5.91 Å². The minimum Gasteiger partial charge on any atom is -0.348 e. The number of nitrogens with one attached hydrogen (secondary N) is 1. The van der Waals surface area contributed by atoms with Gasteiger partial charge in [0.1, 0.15) is 12.4 Å². The van der Waals surface area contributed by atoms with E-state index in [0.29, 0.717) is 26.2 Å². The standard InChI is InChI=1S/C26H29FN4O2/c1-2-13-30(26(33)28-18-20-8-4-3-5-9-20)19-24(32)31-16-15-29-14-7-12-23(29)25(31)21-10-6-11-22(27)17-21/h3-12,14,17,25H,2,13,15-16,18-19H2,1H3,(H,28,33). The average molecular weight is 449 g/mol. The van der Waals surface area contributed by atoms with E-state index in [-0.39, 0.29) is 24.3 Å². The van der Waals surface area contributed by atoms with Gasteiger partial charge in [0.15, 0.2) is 0 Å². The Balaban J connectivity index is 1.51. The summed E-state index contributed by atoms with van der Waals surface area (Å²) in [5.41, 5.74) is 2.66. The summed E-state index contributed by atoms with van der Waals surface area (Å²) in [6.45, 7) is 3.98. The van der Waals surface area contributed by atoms with Gasteiger partial charge in [-0.05, 0) is 41.8 Å². The number of carbonyl (C=O) groups excluding carboxylic acids is 2. The van der Waals surface area contributed by atoms with Crippen molar-refractivity contribution in [2.24, 2.45) is 0 Å². The van der Waals surface area contributed by atoms with Gasteiger partial charge in [0.25, 0.3) is 0 Å². The normalized spacial score (nSPS) is 15.1. The van der Waals surface area contributed by atoms with Crippen molar-refractivity contribution in [2.45, 2.75) is 32.5 Å². The van der Waals surface area contributed by atoms with Gasteiger partial charge in [-0.15, -0.1) is 0 Å². The highest BCUT2D eigenvalue weighted by atomic mass is 19.1. The zero-order valence-corrected chi connectivity index (χ0v) is 18.8. The zero-order valence-electron chi connectivity index (χ0n) is 18.8. The van der Waals surface area contributed by atoms with Crippen LogP contribution in [-0.4, -0.2) is 45.9 Å². The minimum atomic E-state index is -0.396. The molecule has 3 aromatic rings. The van der Waals surface area contributed by atoms with Crippen molar-refractivity contribution in [3.05, 3.63) is 95.6 Å². The number of amides is 3. The average Bonchev–Trinajstić information content (AvgIpc) is 3.31. The van der Waals surface area contributed by atoms with Crippen LogP contribution in [0.2, 0.25) is 0 Å². The number of nitrogens with zero attached hydrogens (tertiary/aromatic N) is 3. The summed E-state index contributed by atoms with van der Waals surface area (Å²) in [4.78, 5) is 29.7. The first-order valence-corrected chi connectivity index (χ1v) is 11.3. The van der Waals surface area contributed by atoms with Crippen LogP contribution in [0.1, 0.15) is 36.2 Å². The number of hydrogen-bond acceptors (Lipinski definition) is 2. The maximum absolute atomic E-state index is 14.0. The molecule has 0 spiro atoms. The molecular formula is C26H29FN4O2. The Labute approximate surface area is 193 Å². The molecule has 0 fully saturated rings. The third kappa shape index (κ3) is 5.25. The molecule has 1 atom stereocenters. The van der Waals surface area contributed by atoms with Crippen molar-refractivity contribution < 1.29 is 14.0 Å². The number of halogens is 1. The number of fused-ring (bicyclic) bond motifs is 1. The van der Waals surface area contributed by atoms with Crippen LogP contribution in [0.4, 0.5) is 9.18 Å². The molecule has 0 radical (unpaired) electrons. The van der Waals surface area contributed by atoms with Gasteiger partial charge < -0.3 is 19.7 Å². The van der Waals surface area contributed by atoms with Gasteiger partial charge in [-0.1, -0.05) is 49.4 Å². The lowest BCUT2D eigenvalue weighted by molar-refractivity contribution is -0.134. The quantitative estimate of drug-likeness (QED) is 0.590. The van der Waals surface area contributed by atoms with E-state index >= 15 is 0 Å². The highest BCUT2D eigenvalue weighted by Crippen LogP contribution is 2.32. The second-order valence-electron chi connectivity index (χ2n) is 8.24. The van der Waals surface area contributed by atoms with Crippen molar-refractivity contribution in [1.29, 1.82) is 0 Å². The lowest BCUT2D eigenvalue weighted by atomic mass is 9.99. The van der Waals surface area contributed by atoms with Gasteiger partial charge >= 0.3 is 6.03 Å². The molecule has 2 aromatic carbocycles. The minimum absolute atomic E-state index is 0.0268. The van der Waals surface area contributed by atoms with Crippen molar-refractivity contribution in [3.63, 3.8) is 0 Å². The zero-order chi connectivity index (χ0) is 23.2. The van der Waals surface area contributed by atoms with Crippen molar-refractivity contribution >= 4 is 11.9 Å².